The van der Waals surface area contributed by atoms with E-state index in [1.165, 1.54) is 23.5 Å². The fraction of sp³-hybridized carbons (Fsp3) is 0.500. The number of alkyl carbamates (subject to hydrolysis) is 1. The van der Waals surface area contributed by atoms with Crippen molar-refractivity contribution in [2.45, 2.75) is 89.9 Å². The molecule has 2 unspecified atom stereocenters. The summed E-state index contributed by atoms with van der Waals surface area (Å²) in [5.74, 6) is -0.557. The van der Waals surface area contributed by atoms with E-state index in [0.29, 0.717) is 5.56 Å². The second kappa shape index (κ2) is 12.8. The molecule has 2 aromatic rings. The molecular weight excluding hydrogens is 482 g/mol. The number of amides is 3. The van der Waals surface area contributed by atoms with Gasteiger partial charge < -0.3 is 25.4 Å². The highest BCUT2D eigenvalue weighted by Crippen LogP contribution is 2.25. The van der Waals surface area contributed by atoms with E-state index in [-0.39, 0.29) is 24.1 Å². The SMILES string of the molecule is Cc1ccc(C(C(=O)NC2CCCCC2)N(C)C(=O)C(Cc2ccc(O)cc2)NC(=O)OC(C)(C)C)cc1. The summed E-state index contributed by atoms with van der Waals surface area (Å²) in [5, 5.41) is 15.5. The number of nitrogens with one attached hydrogen (secondary N) is 2. The molecule has 2 atom stereocenters. The number of aromatic hydroxyl groups is 1. The summed E-state index contributed by atoms with van der Waals surface area (Å²) in [4.78, 5) is 41.6. The van der Waals surface area contributed by atoms with Crippen molar-refractivity contribution in [1.29, 1.82) is 0 Å². The largest absolute Gasteiger partial charge is 0.508 e. The minimum atomic E-state index is -0.991. The van der Waals surface area contributed by atoms with E-state index in [4.69, 9.17) is 4.74 Å². The van der Waals surface area contributed by atoms with E-state index < -0.39 is 29.7 Å². The second-order valence-corrected chi connectivity index (χ2v) is 11.2. The molecule has 8 heteroatoms. The van der Waals surface area contributed by atoms with Crippen molar-refractivity contribution in [3.8, 4) is 5.75 Å². The van der Waals surface area contributed by atoms with Crippen molar-refractivity contribution >= 4 is 17.9 Å². The van der Waals surface area contributed by atoms with Crippen LogP contribution in [0, 0.1) is 6.92 Å². The average Bonchev–Trinajstić information content (AvgIpc) is 2.85. The lowest BCUT2D eigenvalue weighted by Crippen LogP contribution is -2.53. The molecule has 8 nitrogen and oxygen atoms in total. The molecule has 0 spiro atoms. The van der Waals surface area contributed by atoms with Crippen LogP contribution in [0.5, 0.6) is 5.75 Å². The van der Waals surface area contributed by atoms with Gasteiger partial charge in [-0.3, -0.25) is 9.59 Å². The molecule has 1 saturated carbocycles. The van der Waals surface area contributed by atoms with Gasteiger partial charge in [0.1, 0.15) is 23.4 Å². The van der Waals surface area contributed by atoms with Gasteiger partial charge in [-0.15, -0.1) is 0 Å². The fourth-order valence-corrected chi connectivity index (χ4v) is 4.72. The molecule has 0 aromatic heterocycles. The molecule has 206 valence electrons. The van der Waals surface area contributed by atoms with Crippen LogP contribution in [-0.4, -0.2) is 52.6 Å². The summed E-state index contributed by atoms with van der Waals surface area (Å²) in [6.45, 7) is 7.21. The number of aryl methyl sites for hydroxylation is 1. The Hall–Kier alpha value is -3.55. The molecule has 1 aliphatic carbocycles. The van der Waals surface area contributed by atoms with Crippen molar-refractivity contribution in [1.82, 2.24) is 15.5 Å². The van der Waals surface area contributed by atoms with Crippen LogP contribution in [0.3, 0.4) is 0 Å². The van der Waals surface area contributed by atoms with E-state index in [1.54, 1.807) is 40.0 Å². The van der Waals surface area contributed by atoms with Crippen LogP contribution in [0.15, 0.2) is 48.5 Å². The van der Waals surface area contributed by atoms with E-state index in [9.17, 15) is 19.5 Å². The van der Waals surface area contributed by atoms with E-state index in [2.05, 4.69) is 10.6 Å². The van der Waals surface area contributed by atoms with E-state index in [1.807, 2.05) is 31.2 Å². The number of hydrogen-bond acceptors (Lipinski definition) is 5. The van der Waals surface area contributed by atoms with Gasteiger partial charge in [0.15, 0.2) is 0 Å². The summed E-state index contributed by atoms with van der Waals surface area (Å²) >= 11 is 0. The second-order valence-electron chi connectivity index (χ2n) is 11.2. The smallest absolute Gasteiger partial charge is 0.408 e. The number of likely N-dealkylation sites (N-methyl/N-ethyl adjacent to an activating group) is 1. The lowest BCUT2D eigenvalue weighted by Gasteiger charge is -2.33. The van der Waals surface area contributed by atoms with Crippen LogP contribution >= 0.6 is 0 Å². The molecule has 0 bridgehead atoms. The van der Waals surface area contributed by atoms with Crippen molar-refractivity contribution in [2.24, 2.45) is 0 Å². The monoisotopic (exact) mass is 523 g/mol. The van der Waals surface area contributed by atoms with Gasteiger partial charge in [0, 0.05) is 19.5 Å². The van der Waals surface area contributed by atoms with Gasteiger partial charge in [-0.2, -0.15) is 0 Å². The van der Waals surface area contributed by atoms with Gasteiger partial charge >= 0.3 is 6.09 Å². The van der Waals surface area contributed by atoms with Gasteiger partial charge in [-0.1, -0.05) is 61.2 Å². The summed E-state index contributed by atoms with van der Waals surface area (Å²) in [5.41, 5.74) is 1.74. The number of nitrogens with zero attached hydrogens (tertiary/aromatic N) is 1. The topological polar surface area (TPSA) is 108 Å². The number of benzene rings is 2. The van der Waals surface area contributed by atoms with Gasteiger partial charge in [0.05, 0.1) is 0 Å². The summed E-state index contributed by atoms with van der Waals surface area (Å²) < 4.78 is 5.42. The van der Waals surface area contributed by atoms with Gasteiger partial charge in [0.2, 0.25) is 11.8 Å². The van der Waals surface area contributed by atoms with Crippen molar-refractivity contribution in [3.05, 3.63) is 65.2 Å². The summed E-state index contributed by atoms with van der Waals surface area (Å²) in [6.07, 6.45) is 4.60. The van der Waals surface area contributed by atoms with Crippen molar-refractivity contribution in [2.75, 3.05) is 7.05 Å². The summed E-state index contributed by atoms with van der Waals surface area (Å²) in [7, 11) is 1.59. The maximum absolute atomic E-state index is 13.9. The lowest BCUT2D eigenvalue weighted by atomic mass is 9.94. The molecule has 0 heterocycles. The lowest BCUT2D eigenvalue weighted by molar-refractivity contribution is -0.141. The normalized spacial score (nSPS) is 15.7. The molecule has 3 rings (SSSR count). The number of ether oxygens (including phenoxy) is 1. The molecule has 0 saturated heterocycles. The molecule has 38 heavy (non-hydrogen) atoms. The molecule has 3 amide bonds. The molecule has 0 radical (unpaired) electrons. The maximum Gasteiger partial charge on any atom is 0.408 e. The quantitative estimate of drug-likeness (QED) is 0.461. The minimum absolute atomic E-state index is 0.0837. The van der Waals surface area contributed by atoms with Crippen molar-refractivity contribution < 1.29 is 24.2 Å². The molecular formula is C30H41N3O5. The third kappa shape index (κ3) is 8.50. The Morgan fingerprint density at radius 3 is 2.18 bits per heavy atom. The predicted molar refractivity (Wildman–Crippen MR) is 147 cm³/mol. The van der Waals surface area contributed by atoms with Crippen LogP contribution in [0.4, 0.5) is 4.79 Å². The first kappa shape index (κ1) is 29.0. The van der Waals surface area contributed by atoms with Crippen LogP contribution in [0.2, 0.25) is 0 Å². The highest BCUT2D eigenvalue weighted by molar-refractivity contribution is 5.92. The number of phenols is 1. The van der Waals surface area contributed by atoms with Gasteiger partial charge in [0.25, 0.3) is 0 Å². The van der Waals surface area contributed by atoms with Crippen LogP contribution in [0.25, 0.3) is 0 Å². The van der Waals surface area contributed by atoms with Gasteiger partial charge in [-0.05, 0) is 63.8 Å². The van der Waals surface area contributed by atoms with E-state index >= 15 is 0 Å². The Bertz CT molecular complexity index is 1090. The number of carbonyl (C=O) groups is 3. The Balaban J connectivity index is 1.89. The molecule has 3 N–H and O–H groups in total. The zero-order valence-corrected chi connectivity index (χ0v) is 23.1. The molecule has 2 aromatic carbocycles. The highest BCUT2D eigenvalue weighted by atomic mass is 16.6. The minimum Gasteiger partial charge on any atom is -0.508 e. The Labute approximate surface area is 225 Å². The third-order valence-electron chi connectivity index (χ3n) is 6.69. The Morgan fingerprint density at radius 1 is 1.00 bits per heavy atom. The first-order chi connectivity index (χ1) is 17.9. The third-order valence-corrected chi connectivity index (χ3v) is 6.69. The number of hydrogen-bond donors (Lipinski definition) is 3. The van der Waals surface area contributed by atoms with Crippen LogP contribution in [0.1, 0.15) is 75.6 Å². The first-order valence-corrected chi connectivity index (χ1v) is 13.3. The van der Waals surface area contributed by atoms with Crippen molar-refractivity contribution in [3.63, 3.8) is 0 Å². The number of phenolic OH excluding ortho intramolecular Hbond substituents is 1. The fourth-order valence-electron chi connectivity index (χ4n) is 4.72. The van der Waals surface area contributed by atoms with E-state index in [0.717, 1.165) is 36.8 Å². The zero-order chi connectivity index (χ0) is 27.9. The number of carbonyl (C=O) groups excluding carboxylic acids is 3. The standard InChI is InChI=1S/C30H41N3O5/c1-20-11-15-22(16-12-20)26(27(35)31-23-9-7-6-8-10-23)33(5)28(36)25(32-29(37)38-30(2,3)4)19-21-13-17-24(34)18-14-21/h11-18,23,25-26,34H,6-10,19H2,1-5H3,(H,31,35)(H,32,37). The van der Waals surface area contributed by atoms with Crippen LogP contribution in [-0.2, 0) is 20.7 Å². The average molecular weight is 524 g/mol. The zero-order valence-electron chi connectivity index (χ0n) is 23.1. The molecule has 1 fully saturated rings. The Morgan fingerprint density at radius 2 is 1.61 bits per heavy atom. The van der Waals surface area contributed by atoms with Gasteiger partial charge in [-0.25, -0.2) is 4.79 Å². The van der Waals surface area contributed by atoms with Crippen LogP contribution < -0.4 is 10.6 Å². The summed E-state index contributed by atoms with van der Waals surface area (Å²) in [6, 6.07) is 12.2. The predicted octanol–water partition coefficient (Wildman–Crippen LogP) is 4.79. The first-order valence-electron chi connectivity index (χ1n) is 13.3. The molecule has 1 aliphatic rings. The Kier molecular flexibility index (Phi) is 9.78. The number of rotatable bonds is 8. The maximum atomic E-state index is 13.9. The highest BCUT2D eigenvalue weighted by Gasteiger charge is 2.35. The molecule has 0 aliphatic heterocycles.